The van der Waals surface area contributed by atoms with Crippen LogP contribution in [0.4, 0.5) is 0 Å². The number of nitrogens with zero attached hydrogens (tertiary/aromatic N) is 1. The molecule has 5 amide bonds. The molecule has 14 nitrogen and oxygen atoms in total. The molecule has 196 valence electrons. The molecule has 14 heteroatoms. The van der Waals surface area contributed by atoms with Crippen molar-refractivity contribution in [3.63, 3.8) is 0 Å². The van der Waals surface area contributed by atoms with Crippen LogP contribution in [0.2, 0.25) is 0 Å². The molecule has 1 aromatic rings. The maximum absolute atomic E-state index is 13.2. The molecule has 0 bridgehead atoms. The second kappa shape index (κ2) is 12.5. The van der Waals surface area contributed by atoms with Crippen LogP contribution in [-0.4, -0.2) is 81.3 Å². The highest BCUT2D eigenvalue weighted by molar-refractivity contribution is 5.97. The van der Waals surface area contributed by atoms with E-state index in [-0.39, 0.29) is 25.1 Å². The van der Waals surface area contributed by atoms with Gasteiger partial charge in [-0.25, -0.2) is 4.79 Å². The van der Waals surface area contributed by atoms with Crippen molar-refractivity contribution in [2.75, 3.05) is 6.54 Å². The predicted molar refractivity (Wildman–Crippen MR) is 124 cm³/mol. The Kier molecular flexibility index (Phi) is 9.73. The van der Waals surface area contributed by atoms with Crippen molar-refractivity contribution in [3.05, 3.63) is 29.8 Å². The van der Waals surface area contributed by atoms with Gasteiger partial charge in [-0.2, -0.15) is 0 Å². The lowest BCUT2D eigenvalue weighted by Crippen LogP contribution is -2.58. The summed E-state index contributed by atoms with van der Waals surface area (Å²) in [7, 11) is 0. The van der Waals surface area contributed by atoms with Gasteiger partial charge < -0.3 is 42.9 Å². The Morgan fingerprint density at radius 3 is 2.08 bits per heavy atom. The summed E-state index contributed by atoms with van der Waals surface area (Å²) in [5.41, 5.74) is 16.5. The largest absolute Gasteiger partial charge is 0.508 e. The highest BCUT2D eigenvalue weighted by Crippen LogP contribution is 2.19. The summed E-state index contributed by atoms with van der Waals surface area (Å²) < 4.78 is 0. The van der Waals surface area contributed by atoms with E-state index in [1.54, 1.807) is 0 Å². The van der Waals surface area contributed by atoms with Crippen LogP contribution in [0, 0.1) is 0 Å². The third-order valence-electron chi connectivity index (χ3n) is 5.61. The molecule has 1 heterocycles. The van der Waals surface area contributed by atoms with Gasteiger partial charge in [-0.15, -0.1) is 0 Å². The number of primary amides is 2. The van der Waals surface area contributed by atoms with E-state index in [1.807, 2.05) is 0 Å². The number of carboxylic acids is 1. The molecule has 4 unspecified atom stereocenters. The maximum atomic E-state index is 13.2. The molecule has 0 radical (unpaired) electrons. The molecular formula is C22H30N6O8. The first-order valence-electron chi connectivity index (χ1n) is 11.1. The zero-order valence-electron chi connectivity index (χ0n) is 19.4. The monoisotopic (exact) mass is 506 g/mol. The third-order valence-corrected chi connectivity index (χ3v) is 5.61. The minimum atomic E-state index is -1.48. The smallest absolute Gasteiger partial charge is 0.326 e. The number of likely N-dealkylation sites (tertiary alicyclic amines) is 1. The Morgan fingerprint density at radius 1 is 0.944 bits per heavy atom. The Morgan fingerprint density at radius 2 is 1.53 bits per heavy atom. The fourth-order valence-electron chi connectivity index (χ4n) is 3.83. The van der Waals surface area contributed by atoms with Gasteiger partial charge in [0.15, 0.2) is 0 Å². The summed E-state index contributed by atoms with van der Waals surface area (Å²) in [5, 5.41) is 23.7. The molecule has 2 rings (SSSR count). The summed E-state index contributed by atoms with van der Waals surface area (Å²) in [4.78, 5) is 74.0. The summed E-state index contributed by atoms with van der Waals surface area (Å²) in [6.45, 7) is 0.122. The zero-order chi connectivity index (χ0) is 27.0. The van der Waals surface area contributed by atoms with Crippen LogP contribution >= 0.6 is 0 Å². The maximum Gasteiger partial charge on any atom is 0.326 e. The summed E-state index contributed by atoms with van der Waals surface area (Å²) >= 11 is 0. The molecule has 10 N–H and O–H groups in total. The van der Waals surface area contributed by atoms with Gasteiger partial charge in [-0.1, -0.05) is 12.1 Å². The number of hydrogen-bond acceptors (Lipinski definition) is 8. The summed E-state index contributed by atoms with van der Waals surface area (Å²) in [5.74, 6) is -5.54. The van der Waals surface area contributed by atoms with Gasteiger partial charge >= 0.3 is 5.97 Å². The van der Waals surface area contributed by atoms with E-state index in [1.165, 1.54) is 24.3 Å². The van der Waals surface area contributed by atoms with E-state index in [9.17, 15) is 39.0 Å². The number of benzene rings is 1. The second-order valence-corrected chi connectivity index (χ2v) is 8.47. The summed E-state index contributed by atoms with van der Waals surface area (Å²) in [6.07, 6.45) is -0.547. The Balaban J connectivity index is 2.26. The van der Waals surface area contributed by atoms with Crippen LogP contribution < -0.4 is 27.8 Å². The first kappa shape index (κ1) is 28.0. The van der Waals surface area contributed by atoms with Gasteiger partial charge in [0.25, 0.3) is 0 Å². The fourth-order valence-corrected chi connectivity index (χ4v) is 3.83. The number of nitrogens with one attached hydrogen (secondary N) is 2. The summed E-state index contributed by atoms with van der Waals surface area (Å²) in [6, 6.07) is 0.475. The average molecular weight is 507 g/mol. The van der Waals surface area contributed by atoms with E-state index in [0.717, 1.165) is 4.90 Å². The van der Waals surface area contributed by atoms with Crippen LogP contribution in [0.1, 0.15) is 31.2 Å². The molecule has 0 aromatic heterocycles. The minimum absolute atomic E-state index is 0.0296. The van der Waals surface area contributed by atoms with E-state index < -0.39 is 72.5 Å². The first-order valence-corrected chi connectivity index (χ1v) is 11.1. The number of carbonyl (C=O) groups is 6. The fraction of sp³-hybridized carbons (Fsp3) is 0.455. The van der Waals surface area contributed by atoms with Gasteiger partial charge in [-0.05, 0) is 30.5 Å². The first-order chi connectivity index (χ1) is 16.9. The number of aromatic hydroxyl groups is 1. The quantitative estimate of drug-likeness (QED) is 0.153. The number of carbonyl (C=O) groups excluding carboxylic acids is 5. The van der Waals surface area contributed by atoms with Crippen LogP contribution in [-0.2, 0) is 35.2 Å². The molecule has 1 aliphatic rings. The standard InChI is InChI=1S/C22H30N6O8/c23-13(9-17(24)30)19(32)26-14(8-11-3-5-12(29)6-4-11)20(33)27-15(10-18(25)31)21(34)28-7-1-2-16(28)22(35)36/h3-6,13-16,29H,1-2,7-10,23H2,(H2,24,30)(H2,25,31)(H,26,32)(H,27,33)(H,35,36). The molecule has 36 heavy (non-hydrogen) atoms. The number of carboxylic acid groups (broad SMARTS) is 1. The molecular weight excluding hydrogens is 476 g/mol. The molecule has 0 saturated carbocycles. The number of rotatable bonds is 12. The van der Waals surface area contributed by atoms with Crippen molar-refractivity contribution in [3.8, 4) is 5.75 Å². The van der Waals surface area contributed by atoms with Crippen molar-refractivity contribution in [1.82, 2.24) is 15.5 Å². The SMILES string of the molecule is NC(=O)CC(N)C(=O)NC(Cc1ccc(O)cc1)C(=O)NC(CC(N)=O)C(=O)N1CCCC1C(=O)O. The number of nitrogens with two attached hydrogens (primary N) is 3. The normalized spacial score (nSPS) is 17.5. The average Bonchev–Trinajstić information content (AvgIpc) is 3.28. The molecule has 0 aliphatic carbocycles. The van der Waals surface area contributed by atoms with Gasteiger partial charge in [-0.3, -0.25) is 24.0 Å². The number of phenolic OH excluding ortho intramolecular Hbond substituents is 1. The lowest BCUT2D eigenvalue weighted by atomic mass is 10.0. The second-order valence-electron chi connectivity index (χ2n) is 8.47. The molecule has 1 aliphatic heterocycles. The van der Waals surface area contributed by atoms with Gasteiger partial charge in [0.05, 0.1) is 18.9 Å². The highest BCUT2D eigenvalue weighted by atomic mass is 16.4. The van der Waals surface area contributed by atoms with Crippen molar-refractivity contribution in [1.29, 1.82) is 0 Å². The molecule has 1 saturated heterocycles. The van der Waals surface area contributed by atoms with Crippen molar-refractivity contribution in [2.45, 2.75) is 56.3 Å². The Labute approximate surface area is 206 Å². The molecule has 1 fully saturated rings. The Bertz CT molecular complexity index is 1010. The number of phenols is 1. The van der Waals surface area contributed by atoms with E-state index in [0.29, 0.717) is 12.0 Å². The van der Waals surface area contributed by atoms with Crippen molar-refractivity contribution in [2.24, 2.45) is 17.2 Å². The van der Waals surface area contributed by atoms with Crippen molar-refractivity contribution >= 4 is 35.5 Å². The predicted octanol–water partition coefficient (Wildman–Crippen LogP) is -2.94. The topological polar surface area (TPSA) is 248 Å². The lowest BCUT2D eigenvalue weighted by molar-refractivity contribution is -0.149. The Hall–Kier alpha value is -4.20. The molecule has 4 atom stereocenters. The molecule has 1 aromatic carbocycles. The van der Waals surface area contributed by atoms with Crippen molar-refractivity contribution < 1.29 is 39.0 Å². The van der Waals surface area contributed by atoms with Gasteiger partial charge in [0.2, 0.25) is 29.5 Å². The molecule has 0 spiro atoms. The number of amides is 5. The third kappa shape index (κ3) is 7.94. The lowest BCUT2D eigenvalue weighted by Gasteiger charge is -2.28. The van der Waals surface area contributed by atoms with Gasteiger partial charge in [0, 0.05) is 13.0 Å². The van der Waals surface area contributed by atoms with Crippen LogP contribution in [0.5, 0.6) is 5.75 Å². The van der Waals surface area contributed by atoms with E-state index in [2.05, 4.69) is 10.6 Å². The highest BCUT2D eigenvalue weighted by Gasteiger charge is 2.39. The van der Waals surface area contributed by atoms with Crippen LogP contribution in [0.3, 0.4) is 0 Å². The minimum Gasteiger partial charge on any atom is -0.508 e. The number of hydrogen-bond donors (Lipinski definition) is 7. The number of aliphatic carboxylic acids is 1. The van der Waals surface area contributed by atoms with E-state index >= 15 is 0 Å². The zero-order valence-corrected chi connectivity index (χ0v) is 19.4. The van der Waals surface area contributed by atoms with Gasteiger partial charge in [0.1, 0.15) is 23.9 Å². The van der Waals surface area contributed by atoms with Crippen LogP contribution in [0.25, 0.3) is 0 Å². The van der Waals surface area contributed by atoms with E-state index in [4.69, 9.17) is 17.2 Å². The van der Waals surface area contributed by atoms with Crippen LogP contribution in [0.15, 0.2) is 24.3 Å².